The Balaban J connectivity index is 1.95. The summed E-state index contributed by atoms with van der Waals surface area (Å²) in [6, 6.07) is 9.70. The molecule has 24 heavy (non-hydrogen) atoms. The number of nitrogens with zero attached hydrogens (tertiary/aromatic N) is 2. The van der Waals surface area contributed by atoms with Crippen LogP contribution in [0.3, 0.4) is 0 Å². The van der Waals surface area contributed by atoms with Gasteiger partial charge in [-0.15, -0.1) is 0 Å². The highest BCUT2D eigenvalue weighted by Crippen LogP contribution is 2.25. The van der Waals surface area contributed by atoms with E-state index in [1.165, 1.54) is 18.2 Å². The van der Waals surface area contributed by atoms with E-state index in [-0.39, 0.29) is 21.3 Å². The number of nitrogens with one attached hydrogen (secondary N) is 1. The summed E-state index contributed by atoms with van der Waals surface area (Å²) in [4.78, 5) is 16.8. The van der Waals surface area contributed by atoms with Gasteiger partial charge in [0.2, 0.25) is 0 Å². The predicted molar refractivity (Wildman–Crippen MR) is 92.4 cm³/mol. The van der Waals surface area contributed by atoms with Crippen LogP contribution in [0.15, 0.2) is 47.5 Å². The molecular weight excluding hydrogens is 350 g/mol. The van der Waals surface area contributed by atoms with Gasteiger partial charge < -0.3 is 9.72 Å². The van der Waals surface area contributed by atoms with Gasteiger partial charge in [0.25, 0.3) is 5.91 Å². The molecule has 0 fully saturated rings. The van der Waals surface area contributed by atoms with E-state index < -0.39 is 15.7 Å². The van der Waals surface area contributed by atoms with Crippen LogP contribution in [0.4, 0.5) is 5.69 Å². The van der Waals surface area contributed by atoms with Crippen molar-refractivity contribution in [3.8, 4) is 0 Å². The molecular formula is C16H14ClN3O3S. The fraction of sp³-hybridized carbons (Fsp3) is 0.125. The number of rotatable bonds is 3. The highest BCUT2D eigenvalue weighted by molar-refractivity contribution is 7.90. The summed E-state index contributed by atoms with van der Waals surface area (Å²) in [6.07, 6.45) is 2.71. The number of hydrogen-bond acceptors (Lipinski definition) is 4. The number of fused-ring (bicyclic) bond motifs is 1. The largest absolute Gasteiger partial charge is 0.319 e. The molecule has 0 spiro atoms. The highest BCUT2D eigenvalue weighted by Gasteiger charge is 2.15. The molecule has 0 unspecified atom stereocenters. The van der Waals surface area contributed by atoms with Gasteiger partial charge in [0.1, 0.15) is 11.3 Å². The maximum Gasteiger partial charge on any atom is 0.275 e. The van der Waals surface area contributed by atoms with Crippen molar-refractivity contribution in [3.63, 3.8) is 0 Å². The van der Waals surface area contributed by atoms with Crippen LogP contribution >= 0.6 is 11.6 Å². The van der Waals surface area contributed by atoms with Gasteiger partial charge in [-0.05, 0) is 37.3 Å². The third-order valence-electron chi connectivity index (χ3n) is 3.54. The van der Waals surface area contributed by atoms with Crippen LogP contribution < -0.4 is 5.32 Å². The van der Waals surface area contributed by atoms with E-state index in [1.807, 2.05) is 19.1 Å². The van der Waals surface area contributed by atoms with Crippen molar-refractivity contribution in [2.45, 2.75) is 11.8 Å². The summed E-state index contributed by atoms with van der Waals surface area (Å²) in [6.45, 7) is 1.91. The molecule has 2 aromatic heterocycles. The number of anilines is 1. The van der Waals surface area contributed by atoms with Crippen molar-refractivity contribution >= 4 is 38.7 Å². The summed E-state index contributed by atoms with van der Waals surface area (Å²) < 4.78 is 25.1. The van der Waals surface area contributed by atoms with Gasteiger partial charge in [0.05, 0.1) is 15.6 Å². The minimum atomic E-state index is -3.40. The topological polar surface area (TPSA) is 80.5 Å². The Kier molecular flexibility index (Phi) is 4.06. The Morgan fingerprint density at radius 3 is 2.67 bits per heavy atom. The lowest BCUT2D eigenvalue weighted by atomic mass is 10.3. The monoisotopic (exact) mass is 363 g/mol. The molecule has 124 valence electrons. The van der Waals surface area contributed by atoms with E-state index in [0.29, 0.717) is 5.65 Å². The molecule has 6 nitrogen and oxygen atoms in total. The highest BCUT2D eigenvalue weighted by atomic mass is 35.5. The molecule has 1 N–H and O–H groups in total. The number of halogens is 1. The number of hydrogen-bond donors (Lipinski definition) is 1. The molecule has 3 rings (SSSR count). The minimum absolute atomic E-state index is 0.0769. The molecule has 1 amide bonds. The van der Waals surface area contributed by atoms with Gasteiger partial charge in [-0.25, -0.2) is 13.4 Å². The van der Waals surface area contributed by atoms with E-state index in [0.717, 1.165) is 11.9 Å². The Labute approximate surface area is 144 Å². The lowest BCUT2D eigenvalue weighted by Gasteiger charge is -2.07. The Morgan fingerprint density at radius 2 is 2.00 bits per heavy atom. The van der Waals surface area contributed by atoms with Crippen molar-refractivity contribution in [1.29, 1.82) is 0 Å². The first-order valence-corrected chi connectivity index (χ1v) is 9.28. The second-order valence-electron chi connectivity index (χ2n) is 5.39. The van der Waals surface area contributed by atoms with Gasteiger partial charge >= 0.3 is 0 Å². The zero-order valence-corrected chi connectivity index (χ0v) is 14.5. The first kappa shape index (κ1) is 16.5. The number of aryl methyl sites for hydroxylation is 1. The summed E-state index contributed by atoms with van der Waals surface area (Å²) in [5, 5.41) is 2.85. The molecule has 2 heterocycles. The number of carbonyl (C=O) groups is 1. The quantitative estimate of drug-likeness (QED) is 0.775. The standard InChI is InChI=1S/C16H14ClN3O3S/c1-10-4-3-5-15-18-14(9-20(10)15)16(21)19-13-8-11(24(2,22)23)6-7-12(13)17/h3-9H,1-2H3,(H,19,21). The van der Waals surface area contributed by atoms with Gasteiger partial charge in [-0.2, -0.15) is 0 Å². The Bertz CT molecular complexity index is 1060. The first-order valence-electron chi connectivity index (χ1n) is 7.01. The zero-order valence-electron chi connectivity index (χ0n) is 12.9. The van der Waals surface area contributed by atoms with Crippen LogP contribution in [0.25, 0.3) is 5.65 Å². The average Bonchev–Trinajstić information content (AvgIpc) is 2.94. The number of aromatic nitrogens is 2. The normalized spacial score (nSPS) is 11.6. The van der Waals surface area contributed by atoms with Crippen molar-refractivity contribution in [2.24, 2.45) is 0 Å². The third-order valence-corrected chi connectivity index (χ3v) is 4.98. The summed E-state index contributed by atoms with van der Waals surface area (Å²) >= 11 is 6.05. The Hall–Kier alpha value is -2.38. The molecule has 0 aliphatic rings. The van der Waals surface area contributed by atoms with Crippen LogP contribution in [0.5, 0.6) is 0 Å². The number of sulfone groups is 1. The van der Waals surface area contributed by atoms with E-state index in [9.17, 15) is 13.2 Å². The number of pyridine rings is 1. The van der Waals surface area contributed by atoms with Crippen molar-refractivity contribution in [2.75, 3.05) is 11.6 Å². The zero-order chi connectivity index (χ0) is 17.5. The summed E-state index contributed by atoms with van der Waals surface area (Å²) in [7, 11) is -3.40. The first-order chi connectivity index (χ1) is 11.3. The molecule has 0 saturated carbocycles. The van der Waals surface area contributed by atoms with E-state index in [2.05, 4.69) is 10.3 Å². The predicted octanol–water partition coefficient (Wildman–Crippen LogP) is 2.95. The van der Waals surface area contributed by atoms with E-state index in [4.69, 9.17) is 11.6 Å². The number of carbonyl (C=O) groups excluding carboxylic acids is 1. The van der Waals surface area contributed by atoms with Crippen LogP contribution in [-0.4, -0.2) is 30.0 Å². The lowest BCUT2D eigenvalue weighted by molar-refractivity contribution is 0.102. The summed E-state index contributed by atoms with van der Waals surface area (Å²) in [5.41, 5.74) is 2.02. The van der Waals surface area contributed by atoms with Gasteiger partial charge in [0, 0.05) is 18.1 Å². The van der Waals surface area contributed by atoms with Crippen LogP contribution in [-0.2, 0) is 9.84 Å². The minimum Gasteiger partial charge on any atom is -0.319 e. The molecule has 0 atom stereocenters. The van der Waals surface area contributed by atoms with E-state index in [1.54, 1.807) is 16.7 Å². The smallest absolute Gasteiger partial charge is 0.275 e. The second-order valence-corrected chi connectivity index (χ2v) is 7.81. The molecule has 1 aromatic carbocycles. The fourth-order valence-electron chi connectivity index (χ4n) is 2.27. The average molecular weight is 364 g/mol. The maximum absolute atomic E-state index is 12.4. The van der Waals surface area contributed by atoms with Crippen molar-refractivity contribution in [3.05, 3.63) is 59.0 Å². The summed E-state index contributed by atoms with van der Waals surface area (Å²) in [5.74, 6) is -0.467. The van der Waals surface area contributed by atoms with Crippen molar-refractivity contribution < 1.29 is 13.2 Å². The maximum atomic E-state index is 12.4. The molecule has 3 aromatic rings. The van der Waals surface area contributed by atoms with E-state index >= 15 is 0 Å². The van der Waals surface area contributed by atoms with Gasteiger partial charge in [-0.3, -0.25) is 4.79 Å². The van der Waals surface area contributed by atoms with Crippen molar-refractivity contribution in [1.82, 2.24) is 9.38 Å². The molecule has 0 bridgehead atoms. The number of imidazole rings is 1. The SMILES string of the molecule is Cc1cccc2nc(C(=O)Nc3cc(S(C)(=O)=O)ccc3Cl)cn12. The Morgan fingerprint density at radius 1 is 1.25 bits per heavy atom. The van der Waals surface area contributed by atoms with Gasteiger partial charge in [-0.1, -0.05) is 17.7 Å². The molecule has 0 saturated heterocycles. The third kappa shape index (κ3) is 3.13. The number of benzene rings is 1. The number of amides is 1. The van der Waals surface area contributed by atoms with Crippen LogP contribution in [0.2, 0.25) is 5.02 Å². The van der Waals surface area contributed by atoms with Crippen LogP contribution in [0, 0.1) is 6.92 Å². The fourth-order valence-corrected chi connectivity index (χ4v) is 3.09. The lowest BCUT2D eigenvalue weighted by Crippen LogP contribution is -2.13. The molecule has 0 aliphatic heterocycles. The molecule has 0 radical (unpaired) electrons. The van der Waals surface area contributed by atoms with Gasteiger partial charge in [0.15, 0.2) is 9.84 Å². The second kappa shape index (κ2) is 5.92. The molecule has 8 heteroatoms. The molecule has 0 aliphatic carbocycles. The van der Waals surface area contributed by atoms with Crippen LogP contribution in [0.1, 0.15) is 16.2 Å².